The first-order chi connectivity index (χ1) is 14.5. The van der Waals surface area contributed by atoms with Gasteiger partial charge in [-0.25, -0.2) is 0 Å². The number of carbonyl (C=O) groups excluding carboxylic acids is 1. The van der Waals surface area contributed by atoms with E-state index in [0.29, 0.717) is 28.2 Å². The Balaban J connectivity index is 1.60. The third kappa shape index (κ3) is 4.28. The summed E-state index contributed by atoms with van der Waals surface area (Å²) in [5.74, 6) is 0.872. The van der Waals surface area contributed by atoms with Gasteiger partial charge in [-0.2, -0.15) is 0 Å². The van der Waals surface area contributed by atoms with Crippen LogP contribution in [0.5, 0.6) is 17.2 Å². The molecule has 0 spiro atoms. The van der Waals surface area contributed by atoms with Crippen molar-refractivity contribution in [3.8, 4) is 17.2 Å². The van der Waals surface area contributed by atoms with Gasteiger partial charge in [0.25, 0.3) is 0 Å². The van der Waals surface area contributed by atoms with Gasteiger partial charge in [-0.1, -0.05) is 42.5 Å². The van der Waals surface area contributed by atoms with E-state index >= 15 is 0 Å². The van der Waals surface area contributed by atoms with Gasteiger partial charge >= 0.3 is 5.97 Å². The zero-order valence-corrected chi connectivity index (χ0v) is 17.6. The number of ether oxygens (including phenoxy) is 2. The van der Waals surface area contributed by atoms with E-state index in [4.69, 9.17) is 13.9 Å². The number of fused-ring (bicyclic) bond motifs is 1. The highest BCUT2D eigenvalue weighted by Gasteiger charge is 2.16. The monoisotopic (exact) mass is 464 g/mol. The Morgan fingerprint density at radius 3 is 2.50 bits per heavy atom. The highest BCUT2D eigenvalue weighted by molar-refractivity contribution is 9.10. The van der Waals surface area contributed by atoms with Crippen molar-refractivity contribution in [1.29, 1.82) is 0 Å². The number of rotatable bonds is 5. The molecule has 0 amide bonds. The molecule has 0 N–H and O–H groups in total. The van der Waals surface area contributed by atoms with Gasteiger partial charge in [0, 0.05) is 6.07 Å². The molecule has 4 aromatic rings. The second-order valence-corrected chi connectivity index (χ2v) is 7.50. The molecule has 0 saturated carbocycles. The van der Waals surface area contributed by atoms with E-state index < -0.39 is 5.97 Å². The molecule has 4 rings (SSSR count). The summed E-state index contributed by atoms with van der Waals surface area (Å²) in [5, 5.41) is 0.338. The first-order valence-corrected chi connectivity index (χ1v) is 10.0. The largest absolute Gasteiger partial charge is 0.457 e. The smallest absolute Gasteiger partial charge is 0.315 e. The van der Waals surface area contributed by atoms with Crippen LogP contribution in [-0.4, -0.2) is 5.97 Å². The van der Waals surface area contributed by atoms with Gasteiger partial charge in [-0.15, -0.1) is 0 Å². The van der Waals surface area contributed by atoms with Crippen molar-refractivity contribution >= 4 is 32.9 Å². The van der Waals surface area contributed by atoms with Crippen molar-refractivity contribution in [1.82, 2.24) is 0 Å². The molecule has 0 aliphatic rings. The van der Waals surface area contributed by atoms with E-state index in [9.17, 15) is 9.59 Å². The average molecular weight is 465 g/mol. The van der Waals surface area contributed by atoms with E-state index in [2.05, 4.69) is 15.9 Å². The minimum Gasteiger partial charge on any atom is -0.457 e. The van der Waals surface area contributed by atoms with E-state index in [1.54, 1.807) is 25.1 Å². The Kier molecular flexibility index (Phi) is 5.68. The van der Waals surface area contributed by atoms with Crippen LogP contribution in [0.1, 0.15) is 11.3 Å². The van der Waals surface area contributed by atoms with Crippen molar-refractivity contribution in [2.24, 2.45) is 0 Å². The van der Waals surface area contributed by atoms with Gasteiger partial charge in [0.2, 0.25) is 11.2 Å². The maximum atomic E-state index is 12.9. The van der Waals surface area contributed by atoms with E-state index in [-0.39, 0.29) is 17.6 Å². The van der Waals surface area contributed by atoms with Gasteiger partial charge in [0.1, 0.15) is 22.8 Å². The first kappa shape index (κ1) is 19.9. The number of aryl methyl sites for hydroxylation is 1. The predicted molar refractivity (Wildman–Crippen MR) is 117 cm³/mol. The number of halogens is 1. The fourth-order valence-corrected chi connectivity index (χ4v) is 3.38. The van der Waals surface area contributed by atoms with Crippen LogP contribution in [-0.2, 0) is 11.2 Å². The molecule has 6 heteroatoms. The summed E-state index contributed by atoms with van der Waals surface area (Å²) < 4.78 is 17.7. The van der Waals surface area contributed by atoms with Crippen LogP contribution in [0.4, 0.5) is 0 Å². The summed E-state index contributed by atoms with van der Waals surface area (Å²) in [5.41, 5.74) is 0.883. The molecule has 0 unspecified atom stereocenters. The van der Waals surface area contributed by atoms with Gasteiger partial charge < -0.3 is 13.9 Å². The second-order valence-electron chi connectivity index (χ2n) is 6.64. The normalized spacial score (nSPS) is 10.7. The van der Waals surface area contributed by atoms with Gasteiger partial charge in [-0.05, 0) is 52.7 Å². The van der Waals surface area contributed by atoms with Crippen LogP contribution in [0, 0.1) is 6.92 Å². The molecule has 0 aliphatic carbocycles. The lowest BCUT2D eigenvalue weighted by atomic mass is 10.1. The molecule has 0 radical (unpaired) electrons. The van der Waals surface area contributed by atoms with Gasteiger partial charge in [-0.3, -0.25) is 9.59 Å². The maximum absolute atomic E-state index is 12.9. The van der Waals surface area contributed by atoms with Crippen molar-refractivity contribution in [2.75, 3.05) is 0 Å². The minimum atomic E-state index is -0.395. The SMILES string of the molecule is Cc1oc2cc(OC(=O)Cc3ccccc3)ccc2c(=O)c1Oc1ccccc1Br. The fraction of sp³-hybridized carbons (Fsp3) is 0.0833. The number of para-hydroxylation sites is 1. The van der Waals surface area contributed by atoms with Crippen molar-refractivity contribution < 1.29 is 18.7 Å². The fourth-order valence-electron chi connectivity index (χ4n) is 3.02. The number of benzene rings is 3. The Morgan fingerprint density at radius 2 is 1.73 bits per heavy atom. The summed E-state index contributed by atoms with van der Waals surface area (Å²) in [4.78, 5) is 25.1. The third-order valence-electron chi connectivity index (χ3n) is 4.46. The van der Waals surface area contributed by atoms with Crippen molar-refractivity contribution in [3.05, 3.63) is 98.8 Å². The number of esters is 1. The van der Waals surface area contributed by atoms with Gasteiger partial charge in [0.05, 0.1) is 16.3 Å². The van der Waals surface area contributed by atoms with Gasteiger partial charge in [0.15, 0.2) is 0 Å². The van der Waals surface area contributed by atoms with E-state index in [1.165, 1.54) is 6.07 Å². The standard InChI is InChI=1S/C24H17BrO5/c1-15-24(30-20-10-6-5-9-19(20)25)23(27)18-12-11-17(14-21(18)28-15)29-22(26)13-16-7-3-2-4-8-16/h2-12,14H,13H2,1H3. The zero-order chi connectivity index (χ0) is 21.1. The molecule has 0 fully saturated rings. The molecule has 0 saturated heterocycles. The molecule has 150 valence electrons. The second kappa shape index (κ2) is 8.55. The average Bonchev–Trinajstić information content (AvgIpc) is 2.73. The van der Waals surface area contributed by atoms with E-state index in [0.717, 1.165) is 10.0 Å². The topological polar surface area (TPSA) is 65.7 Å². The summed E-state index contributed by atoms with van der Waals surface area (Å²) in [6.45, 7) is 1.65. The first-order valence-electron chi connectivity index (χ1n) is 9.26. The molecule has 30 heavy (non-hydrogen) atoms. The zero-order valence-electron chi connectivity index (χ0n) is 16.1. The predicted octanol–water partition coefficient (Wildman–Crippen LogP) is 5.80. The molecule has 3 aromatic carbocycles. The lowest BCUT2D eigenvalue weighted by Gasteiger charge is -2.11. The summed E-state index contributed by atoms with van der Waals surface area (Å²) >= 11 is 3.40. The molecule has 1 aromatic heterocycles. The Bertz CT molecular complexity index is 1280. The van der Waals surface area contributed by atoms with Crippen LogP contribution in [0.3, 0.4) is 0 Å². The van der Waals surface area contributed by atoms with Crippen LogP contribution in [0.2, 0.25) is 0 Å². The molecule has 0 bridgehead atoms. The van der Waals surface area contributed by atoms with Crippen LogP contribution in [0.15, 0.2) is 86.5 Å². The molecule has 5 nitrogen and oxygen atoms in total. The lowest BCUT2D eigenvalue weighted by molar-refractivity contribution is -0.133. The lowest BCUT2D eigenvalue weighted by Crippen LogP contribution is -2.12. The summed E-state index contributed by atoms with van der Waals surface area (Å²) in [6.07, 6.45) is 0.153. The Labute approximate surface area is 181 Å². The number of hydrogen-bond acceptors (Lipinski definition) is 5. The van der Waals surface area contributed by atoms with Crippen molar-refractivity contribution in [3.63, 3.8) is 0 Å². The number of hydrogen-bond donors (Lipinski definition) is 0. The highest BCUT2D eigenvalue weighted by Crippen LogP contribution is 2.31. The van der Waals surface area contributed by atoms with Crippen molar-refractivity contribution in [2.45, 2.75) is 13.3 Å². The molecule has 0 atom stereocenters. The van der Waals surface area contributed by atoms with Crippen LogP contribution < -0.4 is 14.9 Å². The summed E-state index contributed by atoms with van der Waals surface area (Å²) in [7, 11) is 0. The van der Waals surface area contributed by atoms with Crippen LogP contribution >= 0.6 is 15.9 Å². The van der Waals surface area contributed by atoms with E-state index in [1.807, 2.05) is 48.5 Å². The van der Waals surface area contributed by atoms with Crippen LogP contribution in [0.25, 0.3) is 11.0 Å². The highest BCUT2D eigenvalue weighted by atomic mass is 79.9. The maximum Gasteiger partial charge on any atom is 0.315 e. The third-order valence-corrected chi connectivity index (χ3v) is 5.11. The quantitative estimate of drug-likeness (QED) is 0.275. The Morgan fingerprint density at radius 1 is 1.00 bits per heavy atom. The molecular weight excluding hydrogens is 448 g/mol. The minimum absolute atomic E-state index is 0.114. The Hall–Kier alpha value is -3.38. The summed E-state index contributed by atoms with van der Waals surface area (Å²) in [6, 6.07) is 21.2. The number of carbonyl (C=O) groups is 1. The molecular formula is C24H17BrO5. The molecule has 1 heterocycles. The molecule has 0 aliphatic heterocycles.